The molecule has 2 N–H and O–H groups in total. The Labute approximate surface area is 116 Å². The Bertz CT molecular complexity index is 457. The Balaban J connectivity index is 2.19. The maximum absolute atomic E-state index is 5.46. The number of nitrogens with zero attached hydrogens (tertiary/aromatic N) is 1. The van der Waals surface area contributed by atoms with Crippen LogP contribution >= 0.6 is 7.92 Å². The number of nitrogens with two attached hydrogens (primary N) is 1. The second-order valence-corrected chi connectivity index (χ2v) is 6.41. The third-order valence-electron chi connectivity index (χ3n) is 2.79. The molecule has 0 spiro atoms. The summed E-state index contributed by atoms with van der Waals surface area (Å²) in [4.78, 5) is 4.35. The Morgan fingerprint density at radius 3 is 1.89 bits per heavy atom. The van der Waals surface area contributed by atoms with Crippen molar-refractivity contribution in [3.8, 4) is 0 Å². The van der Waals surface area contributed by atoms with Gasteiger partial charge in [-0.2, -0.15) is 0 Å². The summed E-state index contributed by atoms with van der Waals surface area (Å²) < 4.78 is 0. The fourth-order valence-electron chi connectivity index (χ4n) is 1.88. The van der Waals surface area contributed by atoms with Gasteiger partial charge in [-0.05, 0) is 18.5 Å². The highest BCUT2D eigenvalue weighted by molar-refractivity contribution is 7.73. The Hall–Kier alpha value is -1.50. The lowest BCUT2D eigenvalue weighted by Crippen LogP contribution is -2.14. The van der Waals surface area contributed by atoms with E-state index in [1.165, 1.54) is 10.6 Å². The lowest BCUT2D eigenvalue weighted by atomic mass is 10.4. The smallest absolute Gasteiger partial charge is 0.0508 e. The molecule has 0 aromatic heterocycles. The predicted molar refractivity (Wildman–Crippen MR) is 86.4 cm³/mol. The van der Waals surface area contributed by atoms with Gasteiger partial charge < -0.3 is 5.73 Å². The maximum atomic E-state index is 5.46. The molecule has 0 bridgehead atoms. The van der Waals surface area contributed by atoms with Crippen LogP contribution in [0.1, 0.15) is 0 Å². The van der Waals surface area contributed by atoms with Crippen molar-refractivity contribution >= 4 is 24.7 Å². The molecule has 0 amide bonds. The molecule has 0 aliphatic carbocycles. The molecule has 0 saturated heterocycles. The highest BCUT2D eigenvalue weighted by Crippen LogP contribution is 2.31. The second-order valence-electron chi connectivity index (χ2n) is 4.16. The van der Waals surface area contributed by atoms with Crippen LogP contribution in [-0.4, -0.2) is 25.5 Å². The van der Waals surface area contributed by atoms with E-state index in [9.17, 15) is 0 Å². The molecule has 2 aromatic rings. The van der Waals surface area contributed by atoms with Gasteiger partial charge in [-0.3, -0.25) is 4.99 Å². The standard InChI is InChI=1S/C16H19N2P/c17-11-12-18-13-14-19(15-7-3-1-4-8-15)16-9-5-2-6-10-16/h1-10,13H,11-12,14,17H2. The monoisotopic (exact) mass is 270 g/mol. The summed E-state index contributed by atoms with van der Waals surface area (Å²) >= 11 is 0. The molecule has 0 heterocycles. The summed E-state index contributed by atoms with van der Waals surface area (Å²) in [6, 6.07) is 21.3. The highest BCUT2D eigenvalue weighted by Gasteiger charge is 2.11. The van der Waals surface area contributed by atoms with E-state index in [1.807, 2.05) is 6.21 Å². The summed E-state index contributed by atoms with van der Waals surface area (Å²) in [6.45, 7) is 1.33. The van der Waals surface area contributed by atoms with Crippen molar-refractivity contribution in [2.75, 3.05) is 19.3 Å². The second kappa shape index (κ2) is 7.83. The Morgan fingerprint density at radius 2 is 1.42 bits per heavy atom. The van der Waals surface area contributed by atoms with Gasteiger partial charge in [0, 0.05) is 18.9 Å². The molecule has 98 valence electrons. The van der Waals surface area contributed by atoms with Crippen LogP contribution in [0.3, 0.4) is 0 Å². The van der Waals surface area contributed by atoms with E-state index >= 15 is 0 Å². The Kier molecular flexibility index (Phi) is 5.74. The molecule has 0 radical (unpaired) electrons. The zero-order valence-electron chi connectivity index (χ0n) is 10.9. The van der Waals surface area contributed by atoms with Gasteiger partial charge in [-0.15, -0.1) is 0 Å². The number of rotatable bonds is 6. The normalized spacial score (nSPS) is 11.3. The first-order valence-electron chi connectivity index (χ1n) is 6.48. The predicted octanol–water partition coefficient (Wildman–Crippen LogP) is 2.15. The highest BCUT2D eigenvalue weighted by atomic mass is 31.1. The van der Waals surface area contributed by atoms with Crippen LogP contribution in [0.4, 0.5) is 0 Å². The molecular weight excluding hydrogens is 251 g/mol. The number of aliphatic imine (C=N–C) groups is 1. The van der Waals surface area contributed by atoms with Gasteiger partial charge in [0.15, 0.2) is 0 Å². The third kappa shape index (κ3) is 4.27. The van der Waals surface area contributed by atoms with Crippen molar-refractivity contribution < 1.29 is 0 Å². The van der Waals surface area contributed by atoms with E-state index in [1.54, 1.807) is 0 Å². The zero-order chi connectivity index (χ0) is 13.3. The van der Waals surface area contributed by atoms with Gasteiger partial charge in [-0.1, -0.05) is 60.7 Å². The molecule has 0 fully saturated rings. The van der Waals surface area contributed by atoms with Crippen LogP contribution in [0.2, 0.25) is 0 Å². The molecule has 2 rings (SSSR count). The summed E-state index contributed by atoms with van der Waals surface area (Å²) in [6.07, 6.45) is 3.00. The van der Waals surface area contributed by atoms with Gasteiger partial charge >= 0.3 is 0 Å². The van der Waals surface area contributed by atoms with E-state index in [0.29, 0.717) is 13.1 Å². The minimum absolute atomic E-state index is 0.358. The van der Waals surface area contributed by atoms with Crippen LogP contribution in [0.15, 0.2) is 65.7 Å². The van der Waals surface area contributed by atoms with Gasteiger partial charge in [0.1, 0.15) is 0 Å². The van der Waals surface area contributed by atoms with Crippen molar-refractivity contribution in [1.29, 1.82) is 0 Å². The molecule has 2 aromatic carbocycles. The average molecular weight is 270 g/mol. The fourth-order valence-corrected chi connectivity index (χ4v) is 3.94. The molecule has 0 aliphatic rings. The Morgan fingerprint density at radius 1 is 0.895 bits per heavy atom. The van der Waals surface area contributed by atoms with Crippen molar-refractivity contribution in [1.82, 2.24) is 0 Å². The van der Waals surface area contributed by atoms with Gasteiger partial charge in [0.05, 0.1) is 6.54 Å². The molecule has 2 nitrogen and oxygen atoms in total. The quantitative estimate of drug-likeness (QED) is 0.634. The van der Waals surface area contributed by atoms with Crippen LogP contribution in [0, 0.1) is 0 Å². The van der Waals surface area contributed by atoms with Crippen molar-refractivity contribution in [2.24, 2.45) is 10.7 Å². The third-order valence-corrected chi connectivity index (χ3v) is 5.16. The van der Waals surface area contributed by atoms with Gasteiger partial charge in [-0.25, -0.2) is 0 Å². The van der Waals surface area contributed by atoms with E-state index < -0.39 is 0 Å². The lowest BCUT2D eigenvalue weighted by molar-refractivity contribution is 0.980. The SMILES string of the molecule is NCCN=CCP(c1ccccc1)c1ccccc1. The first kappa shape index (κ1) is 13.9. The number of hydrogen-bond acceptors (Lipinski definition) is 2. The molecule has 0 aliphatic heterocycles. The fraction of sp³-hybridized carbons (Fsp3) is 0.188. The van der Waals surface area contributed by atoms with Crippen molar-refractivity contribution in [3.05, 3.63) is 60.7 Å². The topological polar surface area (TPSA) is 38.4 Å². The van der Waals surface area contributed by atoms with Gasteiger partial charge in [0.25, 0.3) is 0 Å². The lowest BCUT2D eigenvalue weighted by Gasteiger charge is -2.16. The van der Waals surface area contributed by atoms with Gasteiger partial charge in [0.2, 0.25) is 0 Å². The summed E-state index contributed by atoms with van der Waals surface area (Å²) in [5, 5.41) is 2.78. The van der Waals surface area contributed by atoms with Crippen LogP contribution in [0.5, 0.6) is 0 Å². The molecule has 3 heteroatoms. The van der Waals surface area contributed by atoms with Crippen molar-refractivity contribution in [2.45, 2.75) is 0 Å². The van der Waals surface area contributed by atoms with Crippen molar-refractivity contribution in [3.63, 3.8) is 0 Å². The van der Waals surface area contributed by atoms with Crippen LogP contribution in [0.25, 0.3) is 0 Å². The molecule has 0 atom stereocenters. The van der Waals surface area contributed by atoms with E-state index in [-0.39, 0.29) is 7.92 Å². The zero-order valence-corrected chi connectivity index (χ0v) is 11.8. The number of hydrogen-bond donors (Lipinski definition) is 1. The first-order valence-corrected chi connectivity index (χ1v) is 8.00. The van der Waals surface area contributed by atoms with E-state index in [4.69, 9.17) is 5.73 Å². The molecule has 19 heavy (non-hydrogen) atoms. The summed E-state index contributed by atoms with van der Waals surface area (Å²) in [5.41, 5.74) is 5.46. The largest absolute Gasteiger partial charge is 0.329 e. The molecule has 0 unspecified atom stereocenters. The summed E-state index contributed by atoms with van der Waals surface area (Å²) in [7, 11) is -0.358. The number of benzene rings is 2. The minimum Gasteiger partial charge on any atom is -0.329 e. The van der Waals surface area contributed by atoms with Crippen LogP contribution in [-0.2, 0) is 0 Å². The average Bonchev–Trinajstić information content (AvgIpc) is 2.49. The minimum atomic E-state index is -0.358. The van der Waals surface area contributed by atoms with Crippen LogP contribution < -0.4 is 16.3 Å². The molecular formula is C16H19N2P. The maximum Gasteiger partial charge on any atom is 0.0508 e. The summed E-state index contributed by atoms with van der Waals surface area (Å²) in [5.74, 6) is 0. The van der Waals surface area contributed by atoms with E-state index in [2.05, 4.69) is 65.7 Å². The first-order chi connectivity index (χ1) is 9.42. The van der Waals surface area contributed by atoms with E-state index in [0.717, 1.165) is 6.16 Å². The molecule has 0 saturated carbocycles.